The van der Waals surface area contributed by atoms with Crippen molar-refractivity contribution in [3.8, 4) is 17.0 Å². The largest absolute Gasteiger partial charge is 0.496 e. The second-order valence-corrected chi connectivity index (χ2v) is 9.10. The van der Waals surface area contributed by atoms with Gasteiger partial charge in [0.15, 0.2) is 0 Å². The summed E-state index contributed by atoms with van der Waals surface area (Å²) in [7, 11) is 1.60. The van der Waals surface area contributed by atoms with Gasteiger partial charge in [0, 0.05) is 35.5 Å². The SMILES string of the molecule is C=C(/N=C(\c1ccc(-c2ccc(OC)c(CO)c2)nc1C)N1CCOC[C@@H]1C)N1CCOCC1C. The van der Waals surface area contributed by atoms with Crippen molar-refractivity contribution >= 4 is 5.84 Å². The second-order valence-electron chi connectivity index (χ2n) is 9.10. The van der Waals surface area contributed by atoms with Crippen molar-refractivity contribution < 1.29 is 19.3 Å². The number of pyridine rings is 1. The van der Waals surface area contributed by atoms with Crippen LogP contribution in [-0.4, -0.2) is 84.4 Å². The molecule has 8 heteroatoms. The standard InChI is InChI=1S/C27H36N4O4/c1-18-16-34-12-10-30(18)21(4)29-27(31-11-13-35-17-19(31)2)24-7-8-25(28-20(24)3)22-6-9-26(33-5)23(14-22)15-32/h6-9,14,18-19,32H,4,10-13,15-17H2,1-3,5H3/b29-27+/t18?,19-/m0/s1. The molecule has 2 aliphatic rings. The van der Waals surface area contributed by atoms with Crippen LogP contribution in [0, 0.1) is 6.92 Å². The average Bonchev–Trinajstić information content (AvgIpc) is 2.87. The number of aliphatic hydroxyl groups excluding tert-OH is 1. The topological polar surface area (TPSA) is 79.7 Å². The molecule has 1 N–H and O–H groups in total. The predicted molar refractivity (Wildman–Crippen MR) is 137 cm³/mol. The predicted octanol–water partition coefficient (Wildman–Crippen LogP) is 3.22. The molecule has 8 nitrogen and oxygen atoms in total. The Balaban J connectivity index is 1.71. The van der Waals surface area contributed by atoms with E-state index in [1.165, 1.54) is 0 Å². The van der Waals surface area contributed by atoms with Crippen LogP contribution in [0.5, 0.6) is 5.75 Å². The van der Waals surface area contributed by atoms with E-state index in [0.29, 0.717) is 32.2 Å². The van der Waals surface area contributed by atoms with Crippen molar-refractivity contribution in [1.29, 1.82) is 0 Å². The fourth-order valence-corrected chi connectivity index (χ4v) is 4.64. The van der Waals surface area contributed by atoms with E-state index in [2.05, 4.69) is 36.3 Å². The molecular formula is C27H36N4O4. The molecule has 2 saturated heterocycles. The van der Waals surface area contributed by atoms with Crippen LogP contribution < -0.4 is 4.74 Å². The highest BCUT2D eigenvalue weighted by Crippen LogP contribution is 2.27. The molecule has 188 valence electrons. The van der Waals surface area contributed by atoms with E-state index in [-0.39, 0.29) is 18.7 Å². The van der Waals surface area contributed by atoms with Crippen molar-refractivity contribution in [2.45, 2.75) is 39.5 Å². The number of nitrogens with zero attached hydrogens (tertiary/aromatic N) is 4. The maximum absolute atomic E-state index is 9.72. The molecule has 4 rings (SSSR count). The Morgan fingerprint density at radius 1 is 1.11 bits per heavy atom. The highest BCUT2D eigenvalue weighted by Gasteiger charge is 2.27. The van der Waals surface area contributed by atoms with Gasteiger partial charge in [0.1, 0.15) is 17.4 Å². The molecule has 2 aromatic rings. The highest BCUT2D eigenvalue weighted by molar-refractivity contribution is 6.00. The van der Waals surface area contributed by atoms with Crippen LogP contribution in [0.2, 0.25) is 0 Å². The molecule has 0 radical (unpaired) electrons. The molecule has 0 amide bonds. The number of hydrogen-bond acceptors (Lipinski definition) is 7. The molecule has 0 bridgehead atoms. The smallest absolute Gasteiger partial charge is 0.140 e. The Hall–Kier alpha value is -2.94. The quantitative estimate of drug-likeness (QED) is 0.502. The normalized spacial score (nSPS) is 21.2. The Morgan fingerprint density at radius 3 is 2.40 bits per heavy atom. The number of hydrogen-bond donors (Lipinski definition) is 1. The lowest BCUT2D eigenvalue weighted by Crippen LogP contribution is -2.48. The van der Waals surface area contributed by atoms with Crippen LogP contribution in [0.25, 0.3) is 11.3 Å². The number of aliphatic hydroxyl groups is 1. The number of aryl methyl sites for hydroxylation is 1. The zero-order valence-corrected chi connectivity index (χ0v) is 21.2. The van der Waals surface area contributed by atoms with Crippen molar-refractivity contribution in [1.82, 2.24) is 14.8 Å². The number of rotatable bonds is 6. The van der Waals surface area contributed by atoms with Gasteiger partial charge in [0.25, 0.3) is 0 Å². The van der Waals surface area contributed by atoms with Gasteiger partial charge >= 0.3 is 0 Å². The first-order chi connectivity index (χ1) is 16.9. The zero-order valence-electron chi connectivity index (χ0n) is 21.2. The van der Waals surface area contributed by atoms with E-state index in [0.717, 1.165) is 52.8 Å². The second kappa shape index (κ2) is 11.2. The van der Waals surface area contributed by atoms with Crippen molar-refractivity contribution in [3.63, 3.8) is 0 Å². The average molecular weight is 481 g/mol. The third-order valence-corrected chi connectivity index (χ3v) is 6.65. The lowest BCUT2D eigenvalue weighted by molar-refractivity contribution is 0.0161. The summed E-state index contributed by atoms with van der Waals surface area (Å²) < 4.78 is 16.6. The van der Waals surface area contributed by atoms with Crippen LogP contribution in [0.4, 0.5) is 0 Å². The van der Waals surface area contributed by atoms with Gasteiger partial charge in [-0.1, -0.05) is 6.58 Å². The van der Waals surface area contributed by atoms with E-state index in [9.17, 15) is 5.11 Å². The van der Waals surface area contributed by atoms with E-state index in [1.54, 1.807) is 7.11 Å². The number of morpholine rings is 2. The van der Waals surface area contributed by atoms with Crippen molar-refractivity contribution in [2.24, 2.45) is 4.99 Å². The number of amidine groups is 1. The van der Waals surface area contributed by atoms with Gasteiger partial charge in [-0.2, -0.15) is 0 Å². The number of aromatic nitrogens is 1. The van der Waals surface area contributed by atoms with Crippen molar-refractivity contribution in [3.05, 3.63) is 59.6 Å². The summed E-state index contributed by atoms with van der Waals surface area (Å²) in [5.74, 6) is 2.27. The molecule has 1 unspecified atom stereocenters. The summed E-state index contributed by atoms with van der Waals surface area (Å²) in [6.45, 7) is 14.7. The van der Waals surface area contributed by atoms with Gasteiger partial charge in [-0.3, -0.25) is 4.98 Å². The van der Waals surface area contributed by atoms with Gasteiger partial charge in [-0.25, -0.2) is 4.99 Å². The van der Waals surface area contributed by atoms with Gasteiger partial charge < -0.3 is 29.1 Å². The lowest BCUT2D eigenvalue weighted by atomic mass is 10.0. The van der Waals surface area contributed by atoms with Gasteiger partial charge in [0.2, 0.25) is 0 Å². The molecular weight excluding hydrogens is 444 g/mol. The van der Waals surface area contributed by atoms with Crippen LogP contribution in [-0.2, 0) is 16.1 Å². The first kappa shape index (κ1) is 25.2. The maximum atomic E-state index is 9.72. The molecule has 1 aromatic heterocycles. The summed E-state index contributed by atoms with van der Waals surface area (Å²) in [4.78, 5) is 14.5. The Bertz CT molecular complexity index is 1090. The van der Waals surface area contributed by atoms with Crippen LogP contribution in [0.1, 0.15) is 30.7 Å². The molecule has 3 heterocycles. The molecule has 2 aliphatic heterocycles. The van der Waals surface area contributed by atoms with Crippen molar-refractivity contribution in [2.75, 3.05) is 46.6 Å². The molecule has 1 aromatic carbocycles. The summed E-state index contributed by atoms with van der Waals surface area (Å²) in [5, 5.41) is 9.72. The van der Waals surface area contributed by atoms with E-state index >= 15 is 0 Å². The number of methoxy groups -OCH3 is 1. The van der Waals surface area contributed by atoms with Gasteiger partial charge in [-0.15, -0.1) is 0 Å². The Morgan fingerprint density at radius 2 is 1.80 bits per heavy atom. The molecule has 0 saturated carbocycles. The summed E-state index contributed by atoms with van der Waals surface area (Å²) in [6, 6.07) is 10.2. The summed E-state index contributed by atoms with van der Waals surface area (Å²) >= 11 is 0. The van der Waals surface area contributed by atoms with Crippen LogP contribution in [0.15, 0.2) is 47.7 Å². The van der Waals surface area contributed by atoms with E-state index < -0.39 is 0 Å². The summed E-state index contributed by atoms with van der Waals surface area (Å²) in [6.07, 6.45) is 0. The maximum Gasteiger partial charge on any atom is 0.140 e. The highest BCUT2D eigenvalue weighted by atomic mass is 16.5. The first-order valence-corrected chi connectivity index (χ1v) is 12.2. The fraction of sp³-hybridized carbons (Fsp3) is 0.481. The fourth-order valence-electron chi connectivity index (χ4n) is 4.64. The minimum absolute atomic E-state index is 0.0954. The molecule has 0 spiro atoms. The third kappa shape index (κ3) is 5.50. The van der Waals surface area contributed by atoms with Gasteiger partial charge in [0.05, 0.1) is 57.9 Å². The molecule has 35 heavy (non-hydrogen) atoms. The minimum atomic E-state index is -0.0954. The lowest BCUT2D eigenvalue weighted by Gasteiger charge is -2.38. The van der Waals surface area contributed by atoms with E-state index in [1.807, 2.05) is 31.2 Å². The molecule has 2 atom stereocenters. The summed E-state index contributed by atoms with van der Waals surface area (Å²) in [5.41, 5.74) is 4.34. The number of ether oxygens (including phenoxy) is 3. The molecule has 0 aliphatic carbocycles. The molecule has 2 fully saturated rings. The van der Waals surface area contributed by atoms with Crippen LogP contribution >= 0.6 is 0 Å². The minimum Gasteiger partial charge on any atom is -0.496 e. The Kier molecular flexibility index (Phi) is 8.05. The zero-order chi connectivity index (χ0) is 24.9. The Labute approximate surface area is 207 Å². The van der Waals surface area contributed by atoms with Crippen LogP contribution in [0.3, 0.4) is 0 Å². The first-order valence-electron chi connectivity index (χ1n) is 12.2. The number of benzene rings is 1. The number of aliphatic imine (C=N–C) groups is 1. The monoisotopic (exact) mass is 480 g/mol. The van der Waals surface area contributed by atoms with E-state index in [4.69, 9.17) is 24.2 Å². The van der Waals surface area contributed by atoms with Gasteiger partial charge in [-0.05, 0) is 51.1 Å². The third-order valence-electron chi connectivity index (χ3n) is 6.65.